The van der Waals surface area contributed by atoms with Crippen molar-refractivity contribution in [3.63, 3.8) is 0 Å². The van der Waals surface area contributed by atoms with Gasteiger partial charge in [-0.3, -0.25) is 9.37 Å². The number of benzene rings is 7. The predicted molar refractivity (Wildman–Crippen MR) is 272 cm³/mol. The molecule has 11 aromatic rings. The maximum atomic E-state index is 14.5. The van der Waals surface area contributed by atoms with Crippen LogP contribution in [0.1, 0.15) is 62.7 Å². The second-order valence-corrected chi connectivity index (χ2v) is 24.3. The first-order valence-electron chi connectivity index (χ1n) is 24.1. The van der Waals surface area contributed by atoms with Gasteiger partial charge in [-0.2, -0.15) is 0 Å². The SMILES string of the molecule is CC(C)(C)c1ccc(-n2c(-c3[c-]ccc4c3oc3nc5c(ccc6ccccc65)cc34)nc3c4ccc(F)cc4ccc32)cc1.[2H]C([2H])([2H])c1c[c-]c(-c2cc(C([2H])(C)C)c([Si](C)(C)C)cn2)c(F)c1.[Ir]. The number of hydrogen-bond acceptors (Lipinski definition) is 4. The van der Waals surface area contributed by atoms with E-state index in [1.54, 1.807) is 32.2 Å². The van der Waals surface area contributed by atoms with Crippen molar-refractivity contribution >= 4 is 78.8 Å². The molecule has 11 rings (SSSR count). The van der Waals surface area contributed by atoms with E-state index >= 15 is 0 Å². The van der Waals surface area contributed by atoms with Crippen molar-refractivity contribution in [1.29, 1.82) is 0 Å². The van der Waals surface area contributed by atoms with Crippen LogP contribution in [0.3, 0.4) is 0 Å². The van der Waals surface area contributed by atoms with Crippen LogP contribution >= 0.6 is 0 Å². The number of halogens is 2. The largest absolute Gasteiger partial charge is 0.486 e. The average Bonchev–Trinajstić information content (AvgIpc) is 3.88. The molecule has 0 atom stereocenters. The Morgan fingerprint density at radius 2 is 1.49 bits per heavy atom. The maximum absolute atomic E-state index is 14.5. The van der Waals surface area contributed by atoms with E-state index < -0.39 is 26.6 Å². The van der Waals surface area contributed by atoms with Gasteiger partial charge in [0.2, 0.25) is 5.71 Å². The summed E-state index contributed by atoms with van der Waals surface area (Å²) in [4.78, 5) is 14.7. The van der Waals surface area contributed by atoms with E-state index in [4.69, 9.17) is 19.9 Å². The van der Waals surface area contributed by atoms with Crippen LogP contribution in [0, 0.1) is 30.6 Å². The summed E-state index contributed by atoms with van der Waals surface area (Å²) in [5.41, 5.74) is 8.09. The molecule has 0 fully saturated rings. The van der Waals surface area contributed by atoms with Crippen LogP contribution in [0.4, 0.5) is 8.78 Å². The Bertz CT molecular complexity index is 3870. The van der Waals surface area contributed by atoms with Crippen LogP contribution < -0.4 is 5.19 Å². The molecule has 4 aromatic heterocycles. The van der Waals surface area contributed by atoms with E-state index in [2.05, 4.69) is 117 Å². The number of pyridine rings is 2. The van der Waals surface area contributed by atoms with E-state index in [-0.39, 0.29) is 42.5 Å². The Morgan fingerprint density at radius 1 is 0.746 bits per heavy atom. The number of nitrogens with zero attached hydrogens (tertiary/aromatic N) is 4. The first-order valence-corrected chi connectivity index (χ1v) is 25.6. The van der Waals surface area contributed by atoms with E-state index in [9.17, 15) is 8.78 Å². The summed E-state index contributed by atoms with van der Waals surface area (Å²) < 4.78 is 68.0. The second-order valence-electron chi connectivity index (χ2n) is 19.2. The van der Waals surface area contributed by atoms with Gasteiger partial charge in [-0.05, 0) is 81.0 Å². The zero-order chi connectivity index (χ0) is 49.7. The molecule has 0 saturated carbocycles. The topological polar surface area (TPSA) is 56.7 Å². The molecule has 4 heterocycles. The number of aromatic nitrogens is 4. The van der Waals surface area contributed by atoms with Crippen molar-refractivity contribution in [3.05, 3.63) is 174 Å². The van der Waals surface area contributed by atoms with Crippen LogP contribution in [0.15, 0.2) is 138 Å². The summed E-state index contributed by atoms with van der Waals surface area (Å²) in [6.45, 7) is 14.4. The molecule has 0 spiro atoms. The Morgan fingerprint density at radius 3 is 2.22 bits per heavy atom. The third-order valence-electron chi connectivity index (χ3n) is 12.3. The number of fused-ring (bicyclic) bond motifs is 9. The van der Waals surface area contributed by atoms with Crippen LogP contribution in [0.5, 0.6) is 0 Å². The zero-order valence-electron chi connectivity index (χ0n) is 42.5. The molecule has 67 heavy (non-hydrogen) atoms. The van der Waals surface area contributed by atoms with Gasteiger partial charge >= 0.3 is 0 Å². The quantitative estimate of drug-likeness (QED) is 0.0979. The van der Waals surface area contributed by atoms with Gasteiger partial charge in [-0.15, -0.1) is 42.0 Å². The molecule has 1 radical (unpaired) electrons. The van der Waals surface area contributed by atoms with Gasteiger partial charge in [-0.1, -0.05) is 144 Å². The molecule has 0 aliphatic heterocycles. The molecular formula is C58H50F2IrN4OSi-2. The van der Waals surface area contributed by atoms with Crippen molar-refractivity contribution in [2.45, 2.75) is 72.4 Å². The molecule has 0 saturated heterocycles. The normalized spacial score (nSPS) is 13.3. The molecule has 0 aliphatic carbocycles. The van der Waals surface area contributed by atoms with Gasteiger partial charge in [-0.25, -0.2) is 9.37 Å². The van der Waals surface area contributed by atoms with Gasteiger partial charge in [0.1, 0.15) is 5.82 Å². The smallest absolute Gasteiger partial charge is 0.216 e. The first kappa shape index (κ1) is 40.9. The van der Waals surface area contributed by atoms with Crippen molar-refractivity contribution in [2.24, 2.45) is 0 Å². The predicted octanol–water partition coefficient (Wildman–Crippen LogP) is 15.3. The minimum absolute atomic E-state index is 0. The Labute approximate surface area is 409 Å². The van der Waals surface area contributed by atoms with Crippen molar-refractivity contribution < 1.29 is 38.8 Å². The standard InChI is InChI=1S/C40H27FN3O.C18H23FNSi.Ir/c1-40(2,3)26-14-17-28(18-15-26)44-34-20-13-24-21-27(41)16-19-30(24)36(34)42-38(44)32-10-6-9-31-33-22-25-12-11-23-7-4-5-8-29(23)35(25)43-39(33)45-37(31)32;1-12(2)15-10-17(20-11-18(15)21(4,5)6)14-8-7-13(3)9-16(14)19;/h4-9,11-22H,1-3H3;7,9-12H,1-6H3;/q2*-1;/i;3D3,12D;. The fourth-order valence-electron chi connectivity index (χ4n) is 8.88. The van der Waals surface area contributed by atoms with Crippen molar-refractivity contribution in [1.82, 2.24) is 19.5 Å². The third kappa shape index (κ3) is 8.39. The van der Waals surface area contributed by atoms with Gasteiger partial charge in [0.05, 0.1) is 36.0 Å². The summed E-state index contributed by atoms with van der Waals surface area (Å²) in [7, 11) is -1.72. The van der Waals surface area contributed by atoms with Gasteiger partial charge in [0.15, 0.2) is 0 Å². The molecule has 5 nitrogen and oxygen atoms in total. The van der Waals surface area contributed by atoms with Crippen LogP contribution in [-0.4, -0.2) is 27.6 Å². The number of hydrogen-bond donors (Lipinski definition) is 0. The molecule has 0 bridgehead atoms. The molecule has 0 amide bonds. The van der Waals surface area contributed by atoms with Gasteiger partial charge in [0, 0.05) is 64.8 Å². The Kier molecular flexibility index (Phi) is 10.6. The number of rotatable bonds is 5. The van der Waals surface area contributed by atoms with E-state index in [0.29, 0.717) is 22.8 Å². The molecule has 337 valence electrons. The third-order valence-corrected chi connectivity index (χ3v) is 14.3. The van der Waals surface area contributed by atoms with E-state index in [1.807, 2.05) is 42.5 Å². The minimum atomic E-state index is -2.38. The summed E-state index contributed by atoms with van der Waals surface area (Å²) in [6, 6.07) is 46.3. The summed E-state index contributed by atoms with van der Waals surface area (Å²) in [5.74, 6) is -1.09. The van der Waals surface area contributed by atoms with E-state index in [1.165, 1.54) is 17.7 Å². The molecule has 0 aliphatic rings. The fraction of sp³-hybridized carbons (Fsp3) is 0.190. The van der Waals surface area contributed by atoms with Crippen LogP contribution in [0.25, 0.3) is 93.9 Å². The Hall–Kier alpha value is -6.38. The summed E-state index contributed by atoms with van der Waals surface area (Å²) in [6.07, 6.45) is 1.73. The number of imidazole rings is 1. The molecule has 9 heteroatoms. The van der Waals surface area contributed by atoms with Gasteiger partial charge < -0.3 is 14.0 Å². The molecule has 0 unspecified atom stereocenters. The fourth-order valence-corrected chi connectivity index (χ4v) is 10.5. The van der Waals surface area contributed by atoms with E-state index in [0.717, 1.165) is 82.3 Å². The molecule has 7 aromatic carbocycles. The Balaban J connectivity index is 0.000000206. The average molecular weight is 1080 g/mol. The van der Waals surface area contributed by atoms with Gasteiger partial charge in [0.25, 0.3) is 0 Å². The first-order chi connectivity index (χ1) is 33.0. The van der Waals surface area contributed by atoms with Crippen molar-refractivity contribution in [3.8, 4) is 28.3 Å². The van der Waals surface area contributed by atoms with Crippen LogP contribution in [0.2, 0.25) is 19.6 Å². The minimum Gasteiger partial charge on any atom is -0.486 e. The summed E-state index contributed by atoms with van der Waals surface area (Å²) in [5, 5.41) is 7.94. The summed E-state index contributed by atoms with van der Waals surface area (Å²) >= 11 is 0. The monoisotopic (exact) mass is 1080 g/mol. The second kappa shape index (κ2) is 17.4. The molecular weight excluding hydrogens is 1030 g/mol. The van der Waals surface area contributed by atoms with Crippen molar-refractivity contribution in [2.75, 3.05) is 0 Å². The zero-order valence-corrected chi connectivity index (χ0v) is 41.9. The maximum Gasteiger partial charge on any atom is 0.216 e. The van der Waals surface area contributed by atoms with Crippen LogP contribution in [-0.2, 0) is 25.5 Å². The molecule has 0 N–H and O–H groups in total. The number of aryl methyl sites for hydroxylation is 1. The number of furan rings is 1.